The van der Waals surface area contributed by atoms with E-state index in [9.17, 15) is 0 Å². The first-order valence-corrected chi connectivity index (χ1v) is 8.06. The molecule has 0 radical (unpaired) electrons. The van der Waals surface area contributed by atoms with Gasteiger partial charge in [0.05, 0.1) is 12.2 Å². The third-order valence-corrected chi connectivity index (χ3v) is 3.96. The molecule has 23 heavy (non-hydrogen) atoms. The second kappa shape index (κ2) is 7.53. The fraction of sp³-hybridized carbons (Fsp3) is 0.0588. The smallest absolute Gasteiger partial charge is 0.212 e. The van der Waals surface area contributed by atoms with Crippen molar-refractivity contribution in [2.45, 2.75) is 6.54 Å². The summed E-state index contributed by atoms with van der Waals surface area (Å²) in [5.74, 6) is 6.02. The topological polar surface area (TPSA) is 75.3 Å². The number of aromatic nitrogens is 1. The number of benzene rings is 2. The van der Waals surface area contributed by atoms with E-state index in [1.807, 2.05) is 66.0 Å². The predicted octanol–water partition coefficient (Wildman–Crippen LogP) is 3.24. The molecule has 0 saturated heterocycles. The van der Waals surface area contributed by atoms with Gasteiger partial charge in [-0.3, -0.25) is 5.43 Å². The molecule has 2 aromatic carbocycles. The average molecular weight is 323 g/mol. The highest BCUT2D eigenvalue weighted by Crippen LogP contribution is 2.24. The molecule has 0 unspecified atom stereocenters. The van der Waals surface area contributed by atoms with Crippen molar-refractivity contribution in [3.63, 3.8) is 0 Å². The van der Waals surface area contributed by atoms with Crippen molar-refractivity contribution in [1.29, 1.82) is 0 Å². The Morgan fingerprint density at radius 3 is 2.43 bits per heavy atom. The van der Waals surface area contributed by atoms with E-state index in [2.05, 4.69) is 20.7 Å². The van der Waals surface area contributed by atoms with Crippen LogP contribution in [0.25, 0.3) is 11.3 Å². The monoisotopic (exact) mass is 323 g/mol. The van der Waals surface area contributed by atoms with Gasteiger partial charge in [-0.25, -0.2) is 15.8 Å². The summed E-state index contributed by atoms with van der Waals surface area (Å²) < 4.78 is 0. The molecule has 0 aliphatic rings. The van der Waals surface area contributed by atoms with Gasteiger partial charge in [0.15, 0.2) is 5.13 Å². The third kappa shape index (κ3) is 4.15. The summed E-state index contributed by atoms with van der Waals surface area (Å²) in [5.41, 5.74) is 5.70. The summed E-state index contributed by atoms with van der Waals surface area (Å²) in [7, 11) is 0. The first-order chi connectivity index (χ1) is 11.3. The van der Waals surface area contributed by atoms with Gasteiger partial charge in [-0.15, -0.1) is 11.3 Å². The molecule has 0 aliphatic heterocycles. The van der Waals surface area contributed by atoms with Crippen LogP contribution >= 0.6 is 11.3 Å². The number of nitrogens with zero attached hydrogens (tertiary/aromatic N) is 2. The minimum absolute atomic E-state index is 0.489. The molecule has 0 fully saturated rings. The number of nitrogens with one attached hydrogen (secondary N) is 2. The first kappa shape index (κ1) is 15.2. The Bertz CT molecular complexity index is 768. The number of anilines is 1. The lowest BCUT2D eigenvalue weighted by Crippen LogP contribution is -2.36. The van der Waals surface area contributed by atoms with Crippen molar-refractivity contribution < 1.29 is 0 Å². The van der Waals surface area contributed by atoms with Crippen LogP contribution in [0.3, 0.4) is 0 Å². The molecule has 6 heteroatoms. The molecule has 0 atom stereocenters. The molecular weight excluding hydrogens is 306 g/mol. The van der Waals surface area contributed by atoms with E-state index in [4.69, 9.17) is 5.84 Å². The third-order valence-electron chi connectivity index (χ3n) is 3.20. The Balaban J connectivity index is 1.69. The minimum Gasteiger partial charge on any atom is -0.301 e. The molecule has 0 aliphatic carbocycles. The number of nitrogens with two attached hydrogens (primary N) is 1. The van der Waals surface area contributed by atoms with E-state index < -0.39 is 0 Å². The second-order valence-electron chi connectivity index (χ2n) is 4.82. The maximum Gasteiger partial charge on any atom is 0.212 e. The van der Waals surface area contributed by atoms with Crippen molar-refractivity contribution in [1.82, 2.24) is 10.4 Å². The Hall–Kier alpha value is -2.70. The van der Waals surface area contributed by atoms with Gasteiger partial charge < -0.3 is 5.32 Å². The van der Waals surface area contributed by atoms with Crippen molar-refractivity contribution in [3.8, 4) is 11.3 Å². The Kier molecular flexibility index (Phi) is 4.98. The van der Waals surface area contributed by atoms with Crippen LogP contribution in [-0.2, 0) is 6.54 Å². The molecule has 4 N–H and O–H groups in total. The van der Waals surface area contributed by atoms with Crippen molar-refractivity contribution in [2.24, 2.45) is 10.8 Å². The Morgan fingerprint density at radius 2 is 1.74 bits per heavy atom. The highest BCUT2D eigenvalue weighted by molar-refractivity contribution is 7.14. The molecule has 0 amide bonds. The van der Waals surface area contributed by atoms with E-state index in [0.717, 1.165) is 22.0 Å². The number of guanidine groups is 1. The predicted molar refractivity (Wildman–Crippen MR) is 96.1 cm³/mol. The van der Waals surface area contributed by atoms with E-state index >= 15 is 0 Å². The molecule has 1 heterocycles. The molecule has 1 aromatic heterocycles. The summed E-state index contributed by atoms with van der Waals surface area (Å²) in [6.45, 7) is 0.546. The molecule has 116 valence electrons. The summed E-state index contributed by atoms with van der Waals surface area (Å²) in [6.07, 6.45) is 0. The van der Waals surface area contributed by atoms with Gasteiger partial charge in [0.1, 0.15) is 0 Å². The number of thiazole rings is 1. The van der Waals surface area contributed by atoms with E-state index in [0.29, 0.717) is 12.5 Å². The van der Waals surface area contributed by atoms with Gasteiger partial charge in [0.25, 0.3) is 0 Å². The van der Waals surface area contributed by atoms with Crippen LogP contribution in [0.2, 0.25) is 0 Å². The number of hydrogen-bond donors (Lipinski definition) is 3. The van der Waals surface area contributed by atoms with Crippen LogP contribution in [-0.4, -0.2) is 10.9 Å². The average Bonchev–Trinajstić information content (AvgIpc) is 3.09. The maximum atomic E-state index is 5.54. The summed E-state index contributed by atoms with van der Waals surface area (Å²) in [4.78, 5) is 8.98. The molecule has 5 nitrogen and oxygen atoms in total. The summed E-state index contributed by atoms with van der Waals surface area (Å²) >= 11 is 1.51. The molecule has 0 bridgehead atoms. The first-order valence-electron chi connectivity index (χ1n) is 7.18. The van der Waals surface area contributed by atoms with Gasteiger partial charge in [0, 0.05) is 10.9 Å². The van der Waals surface area contributed by atoms with Gasteiger partial charge >= 0.3 is 0 Å². The number of hydrazine groups is 1. The van der Waals surface area contributed by atoms with Gasteiger partial charge in [-0.1, -0.05) is 60.7 Å². The molecule has 0 saturated carbocycles. The highest BCUT2D eigenvalue weighted by Gasteiger charge is 2.06. The largest absolute Gasteiger partial charge is 0.301 e. The van der Waals surface area contributed by atoms with Gasteiger partial charge in [-0.05, 0) is 5.56 Å². The van der Waals surface area contributed by atoms with Crippen molar-refractivity contribution in [3.05, 3.63) is 71.6 Å². The fourth-order valence-electron chi connectivity index (χ4n) is 2.05. The van der Waals surface area contributed by atoms with Crippen molar-refractivity contribution >= 4 is 22.4 Å². The molecule has 0 spiro atoms. The van der Waals surface area contributed by atoms with Gasteiger partial charge in [-0.2, -0.15) is 0 Å². The fourth-order valence-corrected chi connectivity index (χ4v) is 2.77. The Labute approximate surface area is 138 Å². The lowest BCUT2D eigenvalue weighted by Gasteiger charge is -2.06. The number of aliphatic imine (C=N–C) groups is 1. The van der Waals surface area contributed by atoms with Crippen LogP contribution in [0, 0.1) is 0 Å². The molecule has 3 rings (SSSR count). The van der Waals surface area contributed by atoms with Crippen LogP contribution in [0.5, 0.6) is 0 Å². The highest BCUT2D eigenvalue weighted by atomic mass is 32.1. The molecule has 3 aromatic rings. The minimum atomic E-state index is 0.489. The second-order valence-corrected chi connectivity index (χ2v) is 5.68. The zero-order valence-electron chi connectivity index (χ0n) is 12.4. The van der Waals surface area contributed by atoms with E-state index in [1.165, 1.54) is 11.3 Å². The zero-order chi connectivity index (χ0) is 15.9. The molecular formula is C17H17N5S. The van der Waals surface area contributed by atoms with Gasteiger partial charge in [0.2, 0.25) is 5.96 Å². The van der Waals surface area contributed by atoms with E-state index in [-0.39, 0.29) is 0 Å². The standard InChI is InChI=1S/C17H17N5S/c18-22-16(19-11-13-7-3-1-4-8-13)21-17-20-15(12-23-17)14-9-5-2-6-10-14/h1-10,12H,11,18H2,(H2,19,20,21,22). The summed E-state index contributed by atoms with van der Waals surface area (Å²) in [5, 5.41) is 5.86. The van der Waals surface area contributed by atoms with Crippen LogP contribution in [0.1, 0.15) is 5.56 Å². The summed E-state index contributed by atoms with van der Waals surface area (Å²) in [6, 6.07) is 20.0. The Morgan fingerprint density at radius 1 is 1.04 bits per heavy atom. The SMILES string of the molecule is NNC(=NCc1ccccc1)Nc1nc(-c2ccccc2)cs1. The van der Waals surface area contributed by atoms with Crippen LogP contribution in [0.15, 0.2) is 71.0 Å². The quantitative estimate of drug-likeness (QED) is 0.298. The van der Waals surface area contributed by atoms with Crippen LogP contribution in [0.4, 0.5) is 5.13 Å². The van der Waals surface area contributed by atoms with E-state index in [1.54, 1.807) is 0 Å². The zero-order valence-corrected chi connectivity index (χ0v) is 13.3. The van der Waals surface area contributed by atoms with Crippen molar-refractivity contribution in [2.75, 3.05) is 5.32 Å². The lowest BCUT2D eigenvalue weighted by atomic mass is 10.2. The lowest BCUT2D eigenvalue weighted by molar-refractivity contribution is 0.968. The normalized spacial score (nSPS) is 11.3. The maximum absolute atomic E-state index is 5.54. The number of hydrogen-bond acceptors (Lipinski definition) is 4. The number of rotatable bonds is 4. The van der Waals surface area contributed by atoms with Crippen LogP contribution < -0.4 is 16.6 Å².